The van der Waals surface area contributed by atoms with Crippen LogP contribution < -0.4 is 0 Å². The molecule has 0 amide bonds. The van der Waals surface area contributed by atoms with Crippen LogP contribution in [0, 0.1) is 32.1 Å². The highest BCUT2D eigenvalue weighted by Gasteiger charge is 2.66. The number of hydrogen-bond acceptors (Lipinski definition) is 7. The molecule has 0 N–H and O–H groups in total. The molecule has 4 aliphatic carbocycles. The molecule has 4 aliphatic rings. The first-order chi connectivity index (χ1) is 10.1. The Morgan fingerprint density at radius 1 is 1.24 bits per heavy atom. The molecular formula is C12H10N4O5. The maximum absolute atomic E-state index is 11.8. The van der Waals surface area contributed by atoms with Gasteiger partial charge in [-0.2, -0.15) is 0 Å². The maximum Gasteiger partial charge on any atom is 0.303 e. The summed E-state index contributed by atoms with van der Waals surface area (Å²) in [4.78, 5) is 22.0. The van der Waals surface area contributed by atoms with E-state index in [0.717, 1.165) is 12.5 Å². The summed E-state index contributed by atoms with van der Waals surface area (Å²) in [6, 6.07) is 0. The predicted octanol–water partition coefficient (Wildman–Crippen LogP) is 1.40. The molecule has 1 saturated carbocycles. The number of fused-ring (bicyclic) bond motifs is 2. The van der Waals surface area contributed by atoms with Crippen molar-refractivity contribution in [2.45, 2.75) is 24.3 Å². The molecular weight excluding hydrogens is 280 g/mol. The average molecular weight is 290 g/mol. The van der Waals surface area contributed by atoms with Crippen molar-refractivity contribution in [2.75, 3.05) is 0 Å². The van der Waals surface area contributed by atoms with Crippen molar-refractivity contribution in [3.8, 4) is 0 Å². The van der Waals surface area contributed by atoms with Gasteiger partial charge in [-0.1, -0.05) is 17.3 Å². The van der Waals surface area contributed by atoms with Crippen molar-refractivity contribution in [3.05, 3.63) is 49.8 Å². The predicted molar refractivity (Wildman–Crippen MR) is 67.1 cm³/mol. The molecule has 0 radical (unpaired) electrons. The molecule has 0 aromatic carbocycles. The SMILES string of the molecule is O=[N+]([O-])C1=C[C@]2([N+](=O)[O-])[C@H]3C=C[C@H](CC3)[C@@H]2c2nonc21. The number of allylic oxidation sites excluding steroid dienone is 1. The van der Waals surface area contributed by atoms with E-state index in [4.69, 9.17) is 0 Å². The molecule has 1 aromatic heterocycles. The number of aromatic nitrogens is 2. The van der Waals surface area contributed by atoms with Crippen LogP contribution in [0.4, 0.5) is 0 Å². The van der Waals surface area contributed by atoms with Crippen LogP contribution in [0.15, 0.2) is 22.9 Å². The third-order valence-electron chi connectivity index (χ3n) is 4.85. The van der Waals surface area contributed by atoms with Crippen molar-refractivity contribution in [1.29, 1.82) is 0 Å². The Bertz CT molecular complexity index is 723. The highest BCUT2D eigenvalue weighted by atomic mass is 16.6. The smallest absolute Gasteiger partial charge is 0.264 e. The Hall–Kier alpha value is -2.58. The molecule has 9 heteroatoms. The van der Waals surface area contributed by atoms with E-state index in [1.807, 2.05) is 6.08 Å². The molecule has 5 rings (SSSR count). The molecule has 1 fully saturated rings. The van der Waals surface area contributed by atoms with Crippen LogP contribution in [-0.2, 0) is 0 Å². The van der Waals surface area contributed by atoms with E-state index in [2.05, 4.69) is 14.9 Å². The van der Waals surface area contributed by atoms with E-state index in [-0.39, 0.29) is 28.9 Å². The standard InChI is InChI=1S/C12H10N4O5/c17-15(18)8-5-12(16(19)20)7-3-1-6(2-4-7)9(12)11-10(8)13-21-14-11/h1,3,5-7,9H,2,4H2/t6-,7+,9-,12+/m1/s1. The summed E-state index contributed by atoms with van der Waals surface area (Å²) < 4.78 is 4.64. The van der Waals surface area contributed by atoms with Crippen LogP contribution in [0.2, 0.25) is 0 Å². The highest BCUT2D eigenvalue weighted by Crippen LogP contribution is 2.57. The molecule has 0 aliphatic heterocycles. The lowest BCUT2D eigenvalue weighted by Crippen LogP contribution is -2.57. The summed E-state index contributed by atoms with van der Waals surface area (Å²) in [5.74, 6) is -1.00. The molecule has 0 unspecified atom stereocenters. The fourth-order valence-electron chi connectivity index (χ4n) is 4.00. The van der Waals surface area contributed by atoms with Gasteiger partial charge in [0.25, 0.3) is 5.54 Å². The lowest BCUT2D eigenvalue weighted by atomic mass is 9.55. The first-order valence-electron chi connectivity index (χ1n) is 6.58. The average Bonchev–Trinajstić information content (AvgIpc) is 2.96. The van der Waals surface area contributed by atoms with E-state index < -0.39 is 21.3 Å². The molecule has 1 heterocycles. The monoisotopic (exact) mass is 290 g/mol. The molecule has 1 aromatic rings. The van der Waals surface area contributed by atoms with Crippen molar-refractivity contribution in [3.63, 3.8) is 0 Å². The fourth-order valence-corrected chi connectivity index (χ4v) is 4.00. The van der Waals surface area contributed by atoms with Gasteiger partial charge < -0.3 is 0 Å². The number of nitrogens with zero attached hydrogens (tertiary/aromatic N) is 4. The van der Waals surface area contributed by atoms with Gasteiger partial charge >= 0.3 is 5.70 Å². The summed E-state index contributed by atoms with van der Waals surface area (Å²) in [5, 5.41) is 30.4. The molecule has 0 saturated heterocycles. The molecule has 4 atom stereocenters. The largest absolute Gasteiger partial charge is 0.303 e. The van der Waals surface area contributed by atoms with Crippen LogP contribution in [0.5, 0.6) is 0 Å². The van der Waals surface area contributed by atoms with Crippen LogP contribution in [-0.4, -0.2) is 25.7 Å². The number of nitro groups is 2. The van der Waals surface area contributed by atoms with Gasteiger partial charge in [0.2, 0.25) is 5.69 Å². The normalized spacial score (nSPS) is 35.8. The van der Waals surface area contributed by atoms with Gasteiger partial charge in [-0.15, -0.1) is 0 Å². The molecule has 21 heavy (non-hydrogen) atoms. The second-order valence-corrected chi connectivity index (χ2v) is 5.64. The lowest BCUT2D eigenvalue weighted by molar-refractivity contribution is -0.575. The molecule has 108 valence electrons. The summed E-state index contributed by atoms with van der Waals surface area (Å²) in [6.07, 6.45) is 6.35. The van der Waals surface area contributed by atoms with Crippen LogP contribution in [0.1, 0.15) is 30.1 Å². The third kappa shape index (κ3) is 1.30. The zero-order valence-electron chi connectivity index (χ0n) is 10.7. The zero-order chi connectivity index (χ0) is 14.8. The first-order valence-corrected chi connectivity index (χ1v) is 6.58. The fraction of sp³-hybridized carbons (Fsp3) is 0.500. The second kappa shape index (κ2) is 3.74. The Kier molecular flexibility index (Phi) is 2.17. The van der Waals surface area contributed by atoms with Crippen LogP contribution in [0.3, 0.4) is 0 Å². The van der Waals surface area contributed by atoms with Crippen molar-refractivity contribution >= 4 is 5.70 Å². The summed E-state index contributed by atoms with van der Waals surface area (Å²) in [6.45, 7) is 0. The van der Waals surface area contributed by atoms with Gasteiger partial charge in [-0.05, 0) is 23.9 Å². The van der Waals surface area contributed by atoms with Gasteiger partial charge in [0.1, 0.15) is 5.69 Å². The van der Waals surface area contributed by atoms with Gasteiger partial charge in [0.15, 0.2) is 0 Å². The van der Waals surface area contributed by atoms with Gasteiger partial charge in [0, 0.05) is 4.92 Å². The molecule has 9 nitrogen and oxygen atoms in total. The van der Waals surface area contributed by atoms with Gasteiger partial charge in [-0.25, -0.2) is 4.63 Å². The summed E-state index contributed by atoms with van der Waals surface area (Å²) >= 11 is 0. The Morgan fingerprint density at radius 3 is 2.67 bits per heavy atom. The third-order valence-corrected chi connectivity index (χ3v) is 4.85. The van der Waals surface area contributed by atoms with E-state index in [1.54, 1.807) is 6.08 Å². The molecule has 0 spiro atoms. The quantitative estimate of drug-likeness (QED) is 0.457. The Labute approximate surface area is 117 Å². The van der Waals surface area contributed by atoms with Gasteiger partial charge in [0.05, 0.1) is 22.8 Å². The molecule has 2 bridgehead atoms. The second-order valence-electron chi connectivity index (χ2n) is 5.64. The van der Waals surface area contributed by atoms with Crippen molar-refractivity contribution < 1.29 is 14.5 Å². The minimum Gasteiger partial charge on any atom is -0.264 e. The Balaban J connectivity index is 2.04. The van der Waals surface area contributed by atoms with E-state index in [1.165, 1.54) is 0 Å². The first kappa shape index (κ1) is 12.2. The Morgan fingerprint density at radius 2 is 2.05 bits per heavy atom. The lowest BCUT2D eigenvalue weighted by Gasteiger charge is -2.46. The maximum atomic E-state index is 11.8. The number of hydrogen-bond donors (Lipinski definition) is 0. The minimum absolute atomic E-state index is 0.0171. The van der Waals surface area contributed by atoms with Crippen molar-refractivity contribution in [2.24, 2.45) is 11.8 Å². The number of rotatable bonds is 2. The van der Waals surface area contributed by atoms with Crippen LogP contribution >= 0.6 is 0 Å². The van der Waals surface area contributed by atoms with Crippen LogP contribution in [0.25, 0.3) is 5.70 Å². The topological polar surface area (TPSA) is 125 Å². The summed E-state index contributed by atoms with van der Waals surface area (Å²) in [7, 11) is 0. The highest BCUT2D eigenvalue weighted by molar-refractivity contribution is 5.64. The zero-order valence-corrected chi connectivity index (χ0v) is 10.7. The van der Waals surface area contributed by atoms with E-state index in [0.29, 0.717) is 6.42 Å². The van der Waals surface area contributed by atoms with Crippen molar-refractivity contribution in [1.82, 2.24) is 10.3 Å². The summed E-state index contributed by atoms with van der Waals surface area (Å²) in [5.41, 5.74) is -1.66. The minimum atomic E-state index is -1.52. The van der Waals surface area contributed by atoms with E-state index in [9.17, 15) is 20.2 Å². The van der Waals surface area contributed by atoms with Gasteiger partial charge in [-0.3, -0.25) is 20.2 Å². The van der Waals surface area contributed by atoms with E-state index >= 15 is 0 Å².